The van der Waals surface area contributed by atoms with Gasteiger partial charge in [0, 0.05) is 0 Å². The molecule has 0 fully saturated rings. The molecular weight excluding hydrogens is 238 g/mol. The van der Waals surface area contributed by atoms with Gasteiger partial charge in [-0.2, -0.15) is 0 Å². The first kappa shape index (κ1) is 11.4. The highest BCUT2D eigenvalue weighted by atomic mass is 16.6. The summed E-state index contributed by atoms with van der Waals surface area (Å²) in [6.45, 7) is 0. The van der Waals surface area contributed by atoms with Crippen molar-refractivity contribution in [2.45, 2.75) is 0 Å². The lowest BCUT2D eigenvalue weighted by Gasteiger charge is -2.09. The Morgan fingerprint density at radius 2 is 1.37 bits per heavy atom. The van der Waals surface area contributed by atoms with Crippen LogP contribution in [0.5, 0.6) is 0 Å². The van der Waals surface area contributed by atoms with E-state index in [0.717, 1.165) is 16.7 Å². The standard InChI is InChI=1S/C16H11NO2/c18-14-11-17-16(19-14)15(12-7-3-1-4-8-12)13-9-5-2-6-10-13/h1-11H. The molecule has 0 N–H and O–H groups in total. The fraction of sp³-hybridized carbons (Fsp3) is 0. The minimum atomic E-state index is -0.431. The van der Waals surface area contributed by atoms with Gasteiger partial charge in [0.25, 0.3) is 0 Å². The molecule has 3 nitrogen and oxygen atoms in total. The first-order valence-electron chi connectivity index (χ1n) is 5.95. The van der Waals surface area contributed by atoms with Crippen molar-refractivity contribution in [1.29, 1.82) is 0 Å². The Balaban J connectivity index is 2.18. The van der Waals surface area contributed by atoms with Crippen LogP contribution in [0.25, 0.3) is 5.57 Å². The molecule has 92 valence electrons. The molecule has 0 bridgehead atoms. The lowest BCUT2D eigenvalue weighted by molar-refractivity contribution is -0.129. The van der Waals surface area contributed by atoms with Crippen molar-refractivity contribution >= 4 is 17.8 Å². The summed E-state index contributed by atoms with van der Waals surface area (Å²) < 4.78 is 5.15. The van der Waals surface area contributed by atoms with Crippen LogP contribution in [0.15, 0.2) is 71.5 Å². The lowest BCUT2D eigenvalue weighted by atomic mass is 9.98. The summed E-state index contributed by atoms with van der Waals surface area (Å²) in [5.41, 5.74) is 2.76. The molecule has 0 atom stereocenters. The van der Waals surface area contributed by atoms with Crippen LogP contribution >= 0.6 is 0 Å². The number of carbonyl (C=O) groups is 1. The summed E-state index contributed by atoms with van der Waals surface area (Å²) in [6.07, 6.45) is 1.20. The monoisotopic (exact) mass is 249 g/mol. The van der Waals surface area contributed by atoms with E-state index in [2.05, 4.69) is 4.99 Å². The van der Waals surface area contributed by atoms with E-state index in [0.29, 0.717) is 5.88 Å². The topological polar surface area (TPSA) is 38.7 Å². The number of hydrogen-bond donors (Lipinski definition) is 0. The summed E-state index contributed by atoms with van der Waals surface area (Å²) >= 11 is 0. The van der Waals surface area contributed by atoms with Crippen LogP contribution in [0.3, 0.4) is 0 Å². The van der Waals surface area contributed by atoms with Crippen molar-refractivity contribution < 1.29 is 9.53 Å². The number of carbonyl (C=O) groups excluding carboxylic acids is 1. The first-order valence-corrected chi connectivity index (χ1v) is 5.95. The highest BCUT2D eigenvalue weighted by Crippen LogP contribution is 2.29. The SMILES string of the molecule is O=C1C=NC(=C(c2ccccc2)c2ccccc2)O1. The van der Waals surface area contributed by atoms with E-state index in [-0.39, 0.29) is 0 Å². The van der Waals surface area contributed by atoms with Crippen LogP contribution < -0.4 is 0 Å². The van der Waals surface area contributed by atoms with Gasteiger partial charge in [0.15, 0.2) is 0 Å². The zero-order valence-electron chi connectivity index (χ0n) is 10.1. The molecule has 1 aliphatic rings. The van der Waals surface area contributed by atoms with Gasteiger partial charge in [0.2, 0.25) is 5.88 Å². The van der Waals surface area contributed by atoms with Gasteiger partial charge < -0.3 is 4.74 Å². The maximum absolute atomic E-state index is 11.2. The van der Waals surface area contributed by atoms with Gasteiger partial charge in [-0.05, 0) is 11.1 Å². The molecule has 19 heavy (non-hydrogen) atoms. The molecule has 0 unspecified atom stereocenters. The number of aliphatic imine (C=N–C) groups is 1. The zero-order chi connectivity index (χ0) is 13.1. The van der Waals surface area contributed by atoms with E-state index in [4.69, 9.17) is 4.74 Å². The van der Waals surface area contributed by atoms with Crippen molar-refractivity contribution in [3.8, 4) is 0 Å². The molecule has 0 aromatic heterocycles. The smallest absolute Gasteiger partial charge is 0.356 e. The Morgan fingerprint density at radius 1 is 0.842 bits per heavy atom. The number of cyclic esters (lactones) is 1. The minimum absolute atomic E-state index is 0.349. The fourth-order valence-electron chi connectivity index (χ4n) is 2.00. The van der Waals surface area contributed by atoms with Crippen LogP contribution in [0.4, 0.5) is 0 Å². The fourth-order valence-corrected chi connectivity index (χ4v) is 2.00. The van der Waals surface area contributed by atoms with Crippen LogP contribution in [-0.4, -0.2) is 12.2 Å². The minimum Gasteiger partial charge on any atom is -0.402 e. The zero-order valence-corrected chi connectivity index (χ0v) is 10.1. The van der Waals surface area contributed by atoms with Gasteiger partial charge in [-0.25, -0.2) is 9.79 Å². The van der Waals surface area contributed by atoms with E-state index >= 15 is 0 Å². The average Bonchev–Trinajstić information content (AvgIpc) is 2.88. The van der Waals surface area contributed by atoms with E-state index in [1.165, 1.54) is 6.21 Å². The second-order valence-electron chi connectivity index (χ2n) is 4.09. The van der Waals surface area contributed by atoms with Crippen LogP contribution in [0, 0.1) is 0 Å². The predicted molar refractivity (Wildman–Crippen MR) is 73.5 cm³/mol. The van der Waals surface area contributed by atoms with E-state index in [1.54, 1.807) is 0 Å². The highest BCUT2D eigenvalue weighted by Gasteiger charge is 2.19. The Hall–Kier alpha value is -2.68. The van der Waals surface area contributed by atoms with Crippen LogP contribution in [0.2, 0.25) is 0 Å². The third-order valence-corrected chi connectivity index (χ3v) is 2.82. The highest BCUT2D eigenvalue weighted by molar-refractivity contribution is 6.25. The number of nitrogens with zero attached hydrogens (tertiary/aromatic N) is 1. The van der Waals surface area contributed by atoms with Crippen LogP contribution in [0.1, 0.15) is 11.1 Å². The normalized spacial score (nSPS) is 13.5. The number of esters is 1. The predicted octanol–water partition coefficient (Wildman–Crippen LogP) is 3.03. The molecular formula is C16H11NO2. The third-order valence-electron chi connectivity index (χ3n) is 2.82. The summed E-state index contributed by atoms with van der Waals surface area (Å²) in [7, 11) is 0. The molecule has 0 spiro atoms. The van der Waals surface area contributed by atoms with Gasteiger partial charge >= 0.3 is 5.97 Å². The summed E-state index contributed by atoms with van der Waals surface area (Å²) in [5.74, 6) is -0.0817. The molecule has 1 aliphatic heterocycles. The number of hydrogen-bond acceptors (Lipinski definition) is 3. The molecule has 3 heteroatoms. The van der Waals surface area contributed by atoms with Gasteiger partial charge in [-0.1, -0.05) is 60.7 Å². The molecule has 0 aliphatic carbocycles. The number of ether oxygens (including phenoxy) is 1. The van der Waals surface area contributed by atoms with E-state index < -0.39 is 5.97 Å². The van der Waals surface area contributed by atoms with Gasteiger partial charge in [-0.3, -0.25) is 0 Å². The Bertz CT molecular complexity index is 616. The van der Waals surface area contributed by atoms with E-state index in [9.17, 15) is 4.79 Å². The Labute approximate surface area is 110 Å². The molecule has 2 aromatic rings. The molecule has 0 radical (unpaired) electrons. The molecule has 0 saturated heterocycles. The maximum atomic E-state index is 11.2. The molecule has 1 heterocycles. The van der Waals surface area contributed by atoms with Crippen molar-refractivity contribution in [2.75, 3.05) is 0 Å². The molecule has 0 amide bonds. The quantitative estimate of drug-likeness (QED) is 0.767. The first-order chi connectivity index (χ1) is 9.34. The van der Waals surface area contributed by atoms with Crippen LogP contribution in [-0.2, 0) is 9.53 Å². The second kappa shape index (κ2) is 4.90. The third kappa shape index (κ3) is 2.31. The maximum Gasteiger partial charge on any atom is 0.356 e. The lowest BCUT2D eigenvalue weighted by Crippen LogP contribution is -1.98. The van der Waals surface area contributed by atoms with Crippen molar-refractivity contribution in [2.24, 2.45) is 4.99 Å². The summed E-state index contributed by atoms with van der Waals surface area (Å²) in [6, 6.07) is 19.5. The molecule has 0 saturated carbocycles. The number of rotatable bonds is 2. The van der Waals surface area contributed by atoms with Gasteiger partial charge in [0.05, 0.1) is 5.57 Å². The van der Waals surface area contributed by atoms with E-state index in [1.807, 2.05) is 60.7 Å². The molecule has 2 aromatic carbocycles. The van der Waals surface area contributed by atoms with Crippen molar-refractivity contribution in [3.05, 3.63) is 77.7 Å². The summed E-state index contributed by atoms with van der Waals surface area (Å²) in [4.78, 5) is 15.3. The van der Waals surface area contributed by atoms with Gasteiger partial charge in [-0.15, -0.1) is 0 Å². The van der Waals surface area contributed by atoms with Crippen molar-refractivity contribution in [3.63, 3.8) is 0 Å². The Morgan fingerprint density at radius 3 is 1.79 bits per heavy atom. The summed E-state index contributed by atoms with van der Waals surface area (Å²) in [5, 5.41) is 0. The molecule has 3 rings (SSSR count). The second-order valence-corrected chi connectivity index (χ2v) is 4.09. The van der Waals surface area contributed by atoms with Gasteiger partial charge in [0.1, 0.15) is 6.21 Å². The largest absolute Gasteiger partial charge is 0.402 e. The Kier molecular flexibility index (Phi) is 2.94. The van der Waals surface area contributed by atoms with Crippen molar-refractivity contribution in [1.82, 2.24) is 0 Å². The number of benzene rings is 2. The average molecular weight is 249 g/mol.